The largest absolute Gasteiger partial charge is 0.117 e. The Morgan fingerprint density at radius 2 is 1.72 bits per heavy atom. The van der Waals surface area contributed by atoms with Gasteiger partial charge in [-0.15, -0.1) is 11.6 Å². The van der Waals surface area contributed by atoms with E-state index in [2.05, 4.69) is 0 Å². The lowest BCUT2D eigenvalue weighted by Gasteiger charge is -2.14. The maximum atomic E-state index is 6.45. The van der Waals surface area contributed by atoms with Gasteiger partial charge in [-0.2, -0.15) is 0 Å². The predicted molar refractivity (Wildman–Crippen MR) is 79.9 cm³/mol. The Bertz CT molecular complexity index is 549. The minimum absolute atomic E-state index is 0.169. The normalized spacial score (nSPS) is 12.4. The van der Waals surface area contributed by atoms with Crippen LogP contribution in [-0.2, 0) is 6.42 Å². The number of hydrogen-bond acceptors (Lipinski definition) is 0. The average molecular weight is 300 g/mol. The molecule has 0 fully saturated rings. The first-order valence-corrected chi connectivity index (χ1v) is 6.91. The number of hydrogen-bond donors (Lipinski definition) is 0. The molecule has 2 rings (SSSR count). The van der Waals surface area contributed by atoms with Crippen LogP contribution in [0.2, 0.25) is 10.0 Å². The van der Waals surface area contributed by atoms with Gasteiger partial charge in [0.2, 0.25) is 0 Å². The molecule has 3 heteroatoms. The fourth-order valence-corrected chi connectivity index (χ4v) is 2.75. The van der Waals surface area contributed by atoms with Crippen molar-refractivity contribution in [2.45, 2.75) is 18.7 Å². The van der Waals surface area contributed by atoms with Crippen molar-refractivity contribution in [3.8, 4) is 0 Å². The molecule has 1 atom stereocenters. The van der Waals surface area contributed by atoms with Crippen LogP contribution in [0.3, 0.4) is 0 Å². The molecule has 0 amide bonds. The van der Waals surface area contributed by atoms with Gasteiger partial charge in [0, 0.05) is 10.0 Å². The molecule has 0 N–H and O–H groups in total. The lowest BCUT2D eigenvalue weighted by molar-refractivity contribution is 0.918. The standard InChI is InChI=1S/C15H13Cl3/c1-10-5-4-7-12(15(10)18)14(17)9-11-6-2-3-8-13(11)16/h2-8,14H,9H2,1H3. The molecule has 0 saturated heterocycles. The Kier molecular flexibility index (Phi) is 4.55. The molecule has 0 nitrogen and oxygen atoms in total. The molecular weight excluding hydrogens is 287 g/mol. The maximum Gasteiger partial charge on any atom is 0.0640 e. The highest BCUT2D eigenvalue weighted by Crippen LogP contribution is 2.33. The van der Waals surface area contributed by atoms with Crippen LogP contribution in [0.15, 0.2) is 42.5 Å². The van der Waals surface area contributed by atoms with Gasteiger partial charge in [0.05, 0.1) is 5.38 Å². The number of benzene rings is 2. The third-order valence-electron chi connectivity index (χ3n) is 2.92. The fraction of sp³-hybridized carbons (Fsp3) is 0.200. The Morgan fingerprint density at radius 3 is 2.44 bits per heavy atom. The number of aryl methyl sites for hydroxylation is 1. The van der Waals surface area contributed by atoms with E-state index in [1.54, 1.807) is 0 Å². The van der Waals surface area contributed by atoms with E-state index in [0.29, 0.717) is 6.42 Å². The summed E-state index contributed by atoms with van der Waals surface area (Å²) in [4.78, 5) is 0. The van der Waals surface area contributed by atoms with E-state index in [-0.39, 0.29) is 5.38 Å². The van der Waals surface area contributed by atoms with Gasteiger partial charge in [-0.05, 0) is 36.1 Å². The molecule has 0 heterocycles. The molecule has 0 aliphatic heterocycles. The highest BCUT2D eigenvalue weighted by atomic mass is 35.5. The molecule has 2 aromatic carbocycles. The van der Waals surface area contributed by atoms with Gasteiger partial charge >= 0.3 is 0 Å². The zero-order valence-electron chi connectivity index (χ0n) is 9.96. The van der Waals surface area contributed by atoms with Crippen molar-refractivity contribution < 1.29 is 0 Å². The van der Waals surface area contributed by atoms with Gasteiger partial charge in [-0.1, -0.05) is 59.6 Å². The lowest BCUT2D eigenvalue weighted by atomic mass is 10.0. The summed E-state index contributed by atoms with van der Waals surface area (Å²) in [5.41, 5.74) is 3.04. The lowest BCUT2D eigenvalue weighted by Crippen LogP contribution is -1.98. The van der Waals surface area contributed by atoms with Crippen molar-refractivity contribution in [1.29, 1.82) is 0 Å². The van der Waals surface area contributed by atoms with Crippen LogP contribution in [0.5, 0.6) is 0 Å². The zero-order valence-corrected chi connectivity index (χ0v) is 12.2. The minimum atomic E-state index is -0.169. The van der Waals surface area contributed by atoms with Crippen LogP contribution in [0.4, 0.5) is 0 Å². The van der Waals surface area contributed by atoms with E-state index in [0.717, 1.165) is 26.7 Å². The second kappa shape index (κ2) is 5.97. The SMILES string of the molecule is Cc1cccc(C(Cl)Cc2ccccc2Cl)c1Cl. The summed E-state index contributed by atoms with van der Waals surface area (Å²) < 4.78 is 0. The summed E-state index contributed by atoms with van der Waals surface area (Å²) in [5, 5.41) is 1.31. The fourth-order valence-electron chi connectivity index (χ4n) is 1.88. The highest BCUT2D eigenvalue weighted by molar-refractivity contribution is 6.33. The molecule has 1 unspecified atom stereocenters. The summed E-state index contributed by atoms with van der Waals surface area (Å²) in [5.74, 6) is 0. The van der Waals surface area contributed by atoms with Crippen LogP contribution in [0, 0.1) is 6.92 Å². The molecule has 0 spiro atoms. The molecule has 0 aliphatic rings. The number of rotatable bonds is 3. The van der Waals surface area contributed by atoms with Gasteiger partial charge < -0.3 is 0 Å². The Labute approximate surface area is 122 Å². The first-order valence-electron chi connectivity index (χ1n) is 5.72. The summed E-state index contributed by atoms with van der Waals surface area (Å²) in [6.07, 6.45) is 0.671. The van der Waals surface area contributed by atoms with Crippen molar-refractivity contribution in [1.82, 2.24) is 0 Å². The van der Waals surface area contributed by atoms with E-state index in [9.17, 15) is 0 Å². The predicted octanol–water partition coefficient (Wildman–Crippen LogP) is 5.82. The van der Waals surface area contributed by atoms with E-state index < -0.39 is 0 Å². The van der Waals surface area contributed by atoms with Crippen LogP contribution < -0.4 is 0 Å². The molecule has 18 heavy (non-hydrogen) atoms. The van der Waals surface area contributed by atoms with Crippen LogP contribution in [0.1, 0.15) is 22.1 Å². The number of alkyl halides is 1. The van der Waals surface area contributed by atoms with Gasteiger partial charge in [-0.3, -0.25) is 0 Å². The maximum absolute atomic E-state index is 6.45. The second-order valence-electron chi connectivity index (χ2n) is 4.24. The highest BCUT2D eigenvalue weighted by Gasteiger charge is 2.14. The molecule has 0 bridgehead atoms. The van der Waals surface area contributed by atoms with Crippen LogP contribution in [-0.4, -0.2) is 0 Å². The number of halogens is 3. The smallest absolute Gasteiger partial charge is 0.0640 e. The molecule has 94 valence electrons. The molecule has 0 saturated carbocycles. The third-order valence-corrected chi connectivity index (χ3v) is 4.19. The van der Waals surface area contributed by atoms with E-state index >= 15 is 0 Å². The average Bonchev–Trinajstić information content (AvgIpc) is 2.35. The molecule has 0 radical (unpaired) electrons. The summed E-state index contributed by atoms with van der Waals surface area (Å²) >= 11 is 18.9. The Hall–Kier alpha value is -0.690. The van der Waals surface area contributed by atoms with E-state index in [1.807, 2.05) is 49.4 Å². The third kappa shape index (κ3) is 3.00. The van der Waals surface area contributed by atoms with Crippen molar-refractivity contribution in [2.24, 2.45) is 0 Å². The first-order chi connectivity index (χ1) is 8.59. The van der Waals surface area contributed by atoms with Gasteiger partial charge in [0.25, 0.3) is 0 Å². The zero-order chi connectivity index (χ0) is 13.1. The Balaban J connectivity index is 2.25. The second-order valence-corrected chi connectivity index (χ2v) is 5.55. The molecular formula is C15H13Cl3. The topological polar surface area (TPSA) is 0 Å². The molecule has 2 aromatic rings. The quantitative estimate of drug-likeness (QED) is 0.626. The van der Waals surface area contributed by atoms with Crippen LogP contribution >= 0.6 is 34.8 Å². The monoisotopic (exact) mass is 298 g/mol. The van der Waals surface area contributed by atoms with Gasteiger partial charge in [-0.25, -0.2) is 0 Å². The van der Waals surface area contributed by atoms with Gasteiger partial charge in [0.15, 0.2) is 0 Å². The summed E-state index contributed by atoms with van der Waals surface area (Å²) in [6, 6.07) is 13.6. The van der Waals surface area contributed by atoms with E-state index in [4.69, 9.17) is 34.8 Å². The molecule has 0 aliphatic carbocycles. The van der Waals surface area contributed by atoms with Crippen molar-refractivity contribution in [3.63, 3.8) is 0 Å². The molecule has 0 aromatic heterocycles. The first kappa shape index (κ1) is 13.7. The van der Waals surface area contributed by atoms with Crippen molar-refractivity contribution in [2.75, 3.05) is 0 Å². The van der Waals surface area contributed by atoms with Gasteiger partial charge in [0.1, 0.15) is 0 Å². The minimum Gasteiger partial charge on any atom is -0.117 e. The summed E-state index contributed by atoms with van der Waals surface area (Å²) in [7, 11) is 0. The van der Waals surface area contributed by atoms with Crippen molar-refractivity contribution in [3.05, 3.63) is 69.2 Å². The van der Waals surface area contributed by atoms with E-state index in [1.165, 1.54) is 0 Å². The summed E-state index contributed by atoms with van der Waals surface area (Å²) in [6.45, 7) is 1.98. The van der Waals surface area contributed by atoms with Crippen molar-refractivity contribution >= 4 is 34.8 Å². The van der Waals surface area contributed by atoms with Crippen LogP contribution in [0.25, 0.3) is 0 Å². The Morgan fingerprint density at radius 1 is 1.00 bits per heavy atom.